The van der Waals surface area contributed by atoms with Crippen molar-refractivity contribution in [1.29, 1.82) is 0 Å². The highest BCUT2D eigenvalue weighted by molar-refractivity contribution is 5.86. The number of fused-ring (bicyclic) bond motifs is 1. The van der Waals surface area contributed by atoms with Crippen molar-refractivity contribution in [3.8, 4) is 0 Å². The van der Waals surface area contributed by atoms with Gasteiger partial charge >= 0.3 is 0 Å². The lowest BCUT2D eigenvalue weighted by atomic mass is 10.1. The first kappa shape index (κ1) is 15.9. The van der Waals surface area contributed by atoms with Crippen molar-refractivity contribution in [2.24, 2.45) is 0 Å². The van der Waals surface area contributed by atoms with Crippen LogP contribution in [0.2, 0.25) is 0 Å². The van der Waals surface area contributed by atoms with E-state index in [4.69, 9.17) is 4.52 Å². The lowest BCUT2D eigenvalue weighted by Crippen LogP contribution is -2.32. The van der Waals surface area contributed by atoms with Gasteiger partial charge in [-0.1, -0.05) is 41.6 Å². The van der Waals surface area contributed by atoms with Crippen LogP contribution in [0.3, 0.4) is 0 Å². The Kier molecular flexibility index (Phi) is 4.70. The third-order valence-electron chi connectivity index (χ3n) is 3.79. The first-order chi connectivity index (χ1) is 11.7. The van der Waals surface area contributed by atoms with Crippen LogP contribution in [0.1, 0.15) is 11.3 Å². The predicted octanol–water partition coefficient (Wildman–Crippen LogP) is 3.72. The number of aromatic nitrogens is 1. The molecule has 0 atom stereocenters. The maximum absolute atomic E-state index is 13.8. The second-order valence-corrected chi connectivity index (χ2v) is 5.46. The topological polar surface area (TPSA) is 46.3 Å². The monoisotopic (exact) mass is 324 g/mol. The zero-order valence-corrected chi connectivity index (χ0v) is 13.1. The van der Waals surface area contributed by atoms with Crippen LogP contribution in [0.5, 0.6) is 0 Å². The third-order valence-corrected chi connectivity index (χ3v) is 3.79. The molecule has 0 bridgehead atoms. The van der Waals surface area contributed by atoms with Gasteiger partial charge in [0.1, 0.15) is 11.5 Å². The standard InChI is InChI=1S/C19H17FN2O2/c1-2-11-22(13-14-7-3-5-9-16(14)20)19(23)12-17-15-8-4-6-10-18(15)24-21-17/h2-10H,1,11-13H2. The van der Waals surface area contributed by atoms with Crippen LogP contribution in [0.15, 0.2) is 65.7 Å². The fraction of sp³-hybridized carbons (Fsp3) is 0.158. The third kappa shape index (κ3) is 3.35. The summed E-state index contributed by atoms with van der Waals surface area (Å²) >= 11 is 0. The largest absolute Gasteiger partial charge is 0.356 e. The molecule has 122 valence electrons. The molecule has 0 fully saturated rings. The van der Waals surface area contributed by atoms with E-state index in [9.17, 15) is 9.18 Å². The summed E-state index contributed by atoms with van der Waals surface area (Å²) in [6.45, 7) is 4.20. The van der Waals surface area contributed by atoms with E-state index in [1.807, 2.05) is 18.2 Å². The average Bonchev–Trinajstić information content (AvgIpc) is 2.99. The highest BCUT2D eigenvalue weighted by Crippen LogP contribution is 2.19. The highest BCUT2D eigenvalue weighted by atomic mass is 19.1. The Morgan fingerprint density at radius 1 is 1.21 bits per heavy atom. The van der Waals surface area contributed by atoms with E-state index in [1.165, 1.54) is 6.07 Å². The highest BCUT2D eigenvalue weighted by Gasteiger charge is 2.18. The van der Waals surface area contributed by atoms with Crippen molar-refractivity contribution < 1.29 is 13.7 Å². The van der Waals surface area contributed by atoms with Crippen LogP contribution in [0.4, 0.5) is 4.39 Å². The summed E-state index contributed by atoms with van der Waals surface area (Å²) in [5.41, 5.74) is 1.69. The zero-order chi connectivity index (χ0) is 16.9. The van der Waals surface area contributed by atoms with E-state index in [1.54, 1.807) is 35.2 Å². The van der Waals surface area contributed by atoms with Gasteiger partial charge in [0, 0.05) is 24.0 Å². The summed E-state index contributed by atoms with van der Waals surface area (Å²) in [5.74, 6) is -0.483. The minimum absolute atomic E-state index is 0.0965. The Labute approximate surface area is 139 Å². The molecule has 0 radical (unpaired) electrons. The number of para-hydroxylation sites is 1. The van der Waals surface area contributed by atoms with Gasteiger partial charge in [0.15, 0.2) is 5.58 Å². The molecule has 1 aromatic heterocycles. The quantitative estimate of drug-likeness (QED) is 0.649. The van der Waals surface area contributed by atoms with Gasteiger partial charge in [0.2, 0.25) is 5.91 Å². The maximum Gasteiger partial charge on any atom is 0.229 e. The van der Waals surface area contributed by atoms with Crippen molar-refractivity contribution >= 4 is 16.9 Å². The molecule has 4 nitrogen and oxygen atoms in total. The number of nitrogens with zero attached hydrogens (tertiary/aromatic N) is 2. The molecule has 24 heavy (non-hydrogen) atoms. The molecule has 2 aromatic carbocycles. The molecule has 1 amide bonds. The molecule has 0 spiro atoms. The minimum Gasteiger partial charge on any atom is -0.356 e. The smallest absolute Gasteiger partial charge is 0.229 e. The van der Waals surface area contributed by atoms with Crippen molar-refractivity contribution in [3.63, 3.8) is 0 Å². The number of amides is 1. The fourth-order valence-electron chi connectivity index (χ4n) is 2.56. The molecule has 0 aliphatic carbocycles. The molecule has 5 heteroatoms. The summed E-state index contributed by atoms with van der Waals surface area (Å²) in [5, 5.41) is 4.80. The number of benzene rings is 2. The Balaban J connectivity index is 1.79. The summed E-state index contributed by atoms with van der Waals surface area (Å²) in [6, 6.07) is 13.8. The van der Waals surface area contributed by atoms with Crippen molar-refractivity contribution in [2.45, 2.75) is 13.0 Å². The van der Waals surface area contributed by atoms with E-state index in [0.29, 0.717) is 23.4 Å². The predicted molar refractivity (Wildman–Crippen MR) is 89.7 cm³/mol. The molecule has 0 aliphatic rings. The zero-order valence-electron chi connectivity index (χ0n) is 13.1. The fourth-order valence-corrected chi connectivity index (χ4v) is 2.56. The molecular weight excluding hydrogens is 307 g/mol. The summed E-state index contributed by atoms with van der Waals surface area (Å²) in [4.78, 5) is 14.2. The van der Waals surface area contributed by atoms with Gasteiger partial charge in [-0.3, -0.25) is 4.79 Å². The van der Waals surface area contributed by atoms with Gasteiger partial charge in [0.05, 0.1) is 6.42 Å². The van der Waals surface area contributed by atoms with E-state index in [0.717, 1.165) is 5.39 Å². The summed E-state index contributed by atoms with van der Waals surface area (Å²) in [6.07, 6.45) is 1.72. The molecule has 0 N–H and O–H groups in total. The van der Waals surface area contributed by atoms with Crippen LogP contribution in [-0.2, 0) is 17.8 Å². The van der Waals surface area contributed by atoms with Crippen LogP contribution in [0, 0.1) is 5.82 Å². The molecule has 1 heterocycles. The number of hydrogen-bond acceptors (Lipinski definition) is 3. The summed E-state index contributed by atoms with van der Waals surface area (Å²) in [7, 11) is 0. The van der Waals surface area contributed by atoms with Crippen molar-refractivity contribution in [1.82, 2.24) is 10.1 Å². The number of hydrogen-bond donors (Lipinski definition) is 0. The van der Waals surface area contributed by atoms with Crippen molar-refractivity contribution in [3.05, 3.63) is 78.3 Å². The molecule has 0 saturated heterocycles. The maximum atomic E-state index is 13.8. The Bertz CT molecular complexity index is 872. The molecule has 0 aliphatic heterocycles. The van der Waals surface area contributed by atoms with Gasteiger partial charge in [-0.05, 0) is 18.2 Å². The van der Waals surface area contributed by atoms with Crippen molar-refractivity contribution in [2.75, 3.05) is 6.54 Å². The van der Waals surface area contributed by atoms with E-state index in [2.05, 4.69) is 11.7 Å². The second kappa shape index (κ2) is 7.08. The molecule has 3 aromatic rings. The Morgan fingerprint density at radius 3 is 2.75 bits per heavy atom. The number of carbonyl (C=O) groups excluding carboxylic acids is 1. The van der Waals surface area contributed by atoms with Gasteiger partial charge in [-0.25, -0.2) is 4.39 Å². The Hall–Kier alpha value is -2.95. The van der Waals surface area contributed by atoms with Gasteiger partial charge < -0.3 is 9.42 Å². The lowest BCUT2D eigenvalue weighted by molar-refractivity contribution is -0.130. The molecule has 0 unspecified atom stereocenters. The normalized spacial score (nSPS) is 10.7. The van der Waals surface area contributed by atoms with E-state index >= 15 is 0 Å². The first-order valence-electron chi connectivity index (χ1n) is 7.64. The van der Waals surface area contributed by atoms with E-state index < -0.39 is 0 Å². The van der Waals surface area contributed by atoms with Crippen LogP contribution in [0.25, 0.3) is 11.0 Å². The number of rotatable bonds is 6. The second-order valence-electron chi connectivity index (χ2n) is 5.46. The lowest BCUT2D eigenvalue weighted by Gasteiger charge is -2.21. The van der Waals surface area contributed by atoms with Crippen LogP contribution < -0.4 is 0 Å². The first-order valence-corrected chi connectivity index (χ1v) is 7.64. The van der Waals surface area contributed by atoms with Crippen LogP contribution >= 0.6 is 0 Å². The Morgan fingerprint density at radius 2 is 1.96 bits per heavy atom. The number of carbonyl (C=O) groups is 1. The van der Waals surface area contributed by atoms with Gasteiger partial charge in [-0.15, -0.1) is 6.58 Å². The van der Waals surface area contributed by atoms with Gasteiger partial charge in [-0.2, -0.15) is 0 Å². The summed E-state index contributed by atoms with van der Waals surface area (Å²) < 4.78 is 19.1. The molecule has 0 saturated carbocycles. The van der Waals surface area contributed by atoms with Crippen LogP contribution in [-0.4, -0.2) is 22.5 Å². The molecule has 3 rings (SSSR count). The average molecular weight is 324 g/mol. The van der Waals surface area contributed by atoms with Gasteiger partial charge in [0.25, 0.3) is 0 Å². The number of halogens is 1. The van der Waals surface area contributed by atoms with E-state index in [-0.39, 0.29) is 24.7 Å². The minimum atomic E-state index is -0.328. The molecular formula is C19H17FN2O2. The SMILES string of the molecule is C=CCN(Cc1ccccc1F)C(=O)Cc1noc2ccccc12.